The van der Waals surface area contributed by atoms with Crippen molar-refractivity contribution in [1.29, 1.82) is 0 Å². The summed E-state index contributed by atoms with van der Waals surface area (Å²) in [6.45, 7) is 6.01. The first kappa shape index (κ1) is 28.5. The number of para-hydroxylation sites is 1. The Morgan fingerprint density at radius 2 is 1.83 bits per heavy atom. The number of nitrogens with one attached hydrogen (secondary N) is 3. The highest BCUT2D eigenvalue weighted by Crippen LogP contribution is 2.27. The van der Waals surface area contributed by atoms with Gasteiger partial charge in [-0.3, -0.25) is 14.4 Å². The number of benzene rings is 1. The molecule has 0 aliphatic heterocycles. The highest BCUT2D eigenvalue weighted by Gasteiger charge is 2.26. The highest BCUT2D eigenvalue weighted by atomic mass is 16.5. The molecule has 3 unspecified atom stereocenters. The third-order valence-corrected chi connectivity index (χ3v) is 6.48. The summed E-state index contributed by atoms with van der Waals surface area (Å²) in [4.78, 5) is 35.8. The Hall–Kier alpha value is -2.71. The predicted molar refractivity (Wildman–Crippen MR) is 137 cm³/mol. The van der Waals surface area contributed by atoms with Crippen LogP contribution in [0.25, 0.3) is 6.08 Å². The Kier molecular flexibility index (Phi) is 12.5. The summed E-state index contributed by atoms with van der Waals surface area (Å²) in [5, 5.41) is 18.1. The lowest BCUT2D eigenvalue weighted by atomic mass is 9.82. The Balaban J connectivity index is 1.75. The van der Waals surface area contributed by atoms with Gasteiger partial charge in [0.1, 0.15) is 18.1 Å². The van der Waals surface area contributed by atoms with Gasteiger partial charge in [0.05, 0.1) is 24.6 Å². The van der Waals surface area contributed by atoms with Crippen LogP contribution in [0.3, 0.4) is 0 Å². The van der Waals surface area contributed by atoms with Gasteiger partial charge >= 0.3 is 0 Å². The summed E-state index contributed by atoms with van der Waals surface area (Å²) < 4.78 is 5.96. The molecule has 194 valence electrons. The average molecular weight is 488 g/mol. The van der Waals surface area contributed by atoms with Crippen LogP contribution in [0, 0.1) is 11.8 Å². The van der Waals surface area contributed by atoms with Crippen molar-refractivity contribution in [3.05, 3.63) is 35.9 Å². The number of aliphatic hydroxyl groups is 1. The fourth-order valence-corrected chi connectivity index (χ4v) is 4.20. The van der Waals surface area contributed by atoms with Crippen molar-refractivity contribution in [2.45, 2.75) is 65.0 Å². The summed E-state index contributed by atoms with van der Waals surface area (Å²) in [7, 11) is 0. The molecule has 0 saturated heterocycles. The molecule has 0 heterocycles. The first-order valence-electron chi connectivity index (χ1n) is 12.6. The Labute approximate surface area is 208 Å². The molecule has 8 nitrogen and oxygen atoms in total. The van der Waals surface area contributed by atoms with E-state index < -0.39 is 12.0 Å². The van der Waals surface area contributed by atoms with Crippen molar-refractivity contribution < 1.29 is 24.2 Å². The lowest BCUT2D eigenvalue weighted by molar-refractivity contribution is -0.130. The van der Waals surface area contributed by atoms with Crippen LogP contribution in [0.1, 0.15) is 58.4 Å². The van der Waals surface area contributed by atoms with Crippen molar-refractivity contribution in [3.63, 3.8) is 0 Å². The first-order valence-corrected chi connectivity index (χ1v) is 12.6. The average Bonchev–Trinajstić information content (AvgIpc) is 2.85. The van der Waals surface area contributed by atoms with Gasteiger partial charge in [0, 0.05) is 18.7 Å². The lowest BCUT2D eigenvalue weighted by Gasteiger charge is -2.29. The van der Waals surface area contributed by atoms with Crippen LogP contribution < -0.4 is 20.7 Å². The topological polar surface area (TPSA) is 117 Å². The molecule has 1 aliphatic rings. The third kappa shape index (κ3) is 10.2. The second-order valence-corrected chi connectivity index (χ2v) is 9.28. The van der Waals surface area contributed by atoms with Crippen molar-refractivity contribution in [2.24, 2.45) is 11.8 Å². The van der Waals surface area contributed by atoms with E-state index in [4.69, 9.17) is 4.74 Å². The van der Waals surface area contributed by atoms with E-state index in [-0.39, 0.29) is 30.2 Å². The number of hydrogen-bond donors (Lipinski definition) is 4. The Bertz CT molecular complexity index is 849. The SMILES string of the molecule is CC(=O)C(NCCOc1ccccc1/C=C/CNC(=O)CNC(=O)C(C)C(C)O)C1CCCCC1. The molecule has 0 radical (unpaired) electrons. The molecule has 0 spiro atoms. The van der Waals surface area contributed by atoms with Gasteiger partial charge in [-0.2, -0.15) is 0 Å². The summed E-state index contributed by atoms with van der Waals surface area (Å²) in [5.41, 5.74) is 0.885. The number of ether oxygens (including phenoxy) is 1. The van der Waals surface area contributed by atoms with Gasteiger partial charge in [0.25, 0.3) is 0 Å². The van der Waals surface area contributed by atoms with Crippen LogP contribution in [0.5, 0.6) is 5.75 Å². The second-order valence-electron chi connectivity index (χ2n) is 9.28. The standard InChI is InChI=1S/C27H41N3O5/c1-19(20(2)31)27(34)30-18-25(33)28-15-9-13-22-10-7-8-14-24(22)35-17-16-29-26(21(3)32)23-11-5-4-6-12-23/h7-10,13-14,19-20,23,26,29,31H,4-6,11-12,15-18H2,1-3H3,(H,28,33)(H,30,34)/b13-9+. The summed E-state index contributed by atoms with van der Waals surface area (Å²) >= 11 is 0. The number of Topliss-reactive ketones (excluding diaryl/α,β-unsaturated/α-hetero) is 1. The molecule has 1 aliphatic carbocycles. The van der Waals surface area contributed by atoms with Gasteiger partial charge in [-0.1, -0.05) is 56.5 Å². The lowest BCUT2D eigenvalue weighted by Crippen LogP contribution is -2.44. The molecular formula is C27H41N3O5. The maximum absolute atomic E-state index is 12.1. The third-order valence-electron chi connectivity index (χ3n) is 6.48. The summed E-state index contributed by atoms with van der Waals surface area (Å²) in [6, 6.07) is 7.54. The molecule has 1 saturated carbocycles. The monoisotopic (exact) mass is 487 g/mol. The van der Waals surface area contributed by atoms with E-state index in [0.717, 1.165) is 24.2 Å². The molecule has 35 heavy (non-hydrogen) atoms. The van der Waals surface area contributed by atoms with E-state index in [2.05, 4.69) is 16.0 Å². The van der Waals surface area contributed by atoms with Crippen LogP contribution in [0.15, 0.2) is 30.3 Å². The van der Waals surface area contributed by atoms with Crippen LogP contribution in [0.2, 0.25) is 0 Å². The predicted octanol–water partition coefficient (Wildman–Crippen LogP) is 2.46. The highest BCUT2D eigenvalue weighted by molar-refractivity contribution is 5.86. The van der Waals surface area contributed by atoms with Gasteiger partial charge in [-0.25, -0.2) is 0 Å². The molecular weight excluding hydrogens is 446 g/mol. The molecule has 2 amide bonds. The zero-order valence-corrected chi connectivity index (χ0v) is 21.2. The first-order chi connectivity index (χ1) is 16.8. The fraction of sp³-hybridized carbons (Fsp3) is 0.593. The number of aliphatic hydroxyl groups excluding tert-OH is 1. The molecule has 1 aromatic rings. The molecule has 8 heteroatoms. The van der Waals surface area contributed by atoms with E-state index in [0.29, 0.717) is 25.6 Å². The molecule has 2 rings (SSSR count). The number of carbonyl (C=O) groups is 3. The normalized spacial score (nSPS) is 16.9. The van der Waals surface area contributed by atoms with Crippen molar-refractivity contribution >= 4 is 23.7 Å². The van der Waals surface area contributed by atoms with Crippen molar-refractivity contribution in [2.75, 3.05) is 26.2 Å². The maximum atomic E-state index is 12.1. The van der Waals surface area contributed by atoms with Crippen molar-refractivity contribution in [3.8, 4) is 5.75 Å². The Morgan fingerprint density at radius 1 is 1.11 bits per heavy atom. The molecule has 1 fully saturated rings. The van der Waals surface area contributed by atoms with E-state index in [1.54, 1.807) is 13.8 Å². The quantitative estimate of drug-likeness (QED) is 0.300. The zero-order chi connectivity index (χ0) is 25.6. The zero-order valence-electron chi connectivity index (χ0n) is 21.2. The largest absolute Gasteiger partial charge is 0.492 e. The molecule has 0 aromatic heterocycles. The minimum Gasteiger partial charge on any atom is -0.492 e. The molecule has 0 bridgehead atoms. The smallest absolute Gasteiger partial charge is 0.239 e. The second kappa shape index (κ2) is 15.3. The summed E-state index contributed by atoms with van der Waals surface area (Å²) in [6.07, 6.45) is 8.79. The van der Waals surface area contributed by atoms with E-state index >= 15 is 0 Å². The number of amides is 2. The van der Waals surface area contributed by atoms with Gasteiger partial charge < -0.3 is 25.8 Å². The summed E-state index contributed by atoms with van der Waals surface area (Å²) in [5.74, 6) is 0.0956. The molecule has 1 aromatic carbocycles. The Morgan fingerprint density at radius 3 is 2.51 bits per heavy atom. The van der Waals surface area contributed by atoms with Crippen molar-refractivity contribution in [1.82, 2.24) is 16.0 Å². The molecule has 3 atom stereocenters. The van der Waals surface area contributed by atoms with E-state index in [9.17, 15) is 19.5 Å². The maximum Gasteiger partial charge on any atom is 0.239 e. The van der Waals surface area contributed by atoms with Crippen LogP contribution >= 0.6 is 0 Å². The number of rotatable bonds is 14. The van der Waals surface area contributed by atoms with E-state index in [1.807, 2.05) is 36.4 Å². The number of hydrogen-bond acceptors (Lipinski definition) is 6. The fourth-order valence-electron chi connectivity index (χ4n) is 4.20. The van der Waals surface area contributed by atoms with Gasteiger partial charge in [0.2, 0.25) is 11.8 Å². The van der Waals surface area contributed by atoms with E-state index in [1.165, 1.54) is 26.2 Å². The van der Waals surface area contributed by atoms with Gasteiger partial charge in [-0.05, 0) is 38.7 Å². The van der Waals surface area contributed by atoms with Crippen LogP contribution in [-0.2, 0) is 14.4 Å². The van der Waals surface area contributed by atoms with Crippen LogP contribution in [-0.4, -0.2) is 61.1 Å². The minimum atomic E-state index is -0.772. The van der Waals surface area contributed by atoms with Gasteiger partial charge in [0.15, 0.2) is 0 Å². The van der Waals surface area contributed by atoms with Crippen LogP contribution in [0.4, 0.5) is 0 Å². The minimum absolute atomic E-state index is 0.0994. The number of ketones is 1. The number of carbonyl (C=O) groups excluding carboxylic acids is 3. The van der Waals surface area contributed by atoms with Gasteiger partial charge in [-0.15, -0.1) is 0 Å². The molecule has 4 N–H and O–H groups in total.